The van der Waals surface area contributed by atoms with Crippen LogP contribution in [0.4, 0.5) is 39.7 Å². The van der Waals surface area contributed by atoms with Gasteiger partial charge in [0.05, 0.1) is 26.4 Å². The van der Waals surface area contributed by atoms with E-state index in [0.29, 0.717) is 107 Å². The van der Waals surface area contributed by atoms with Crippen molar-refractivity contribution in [1.82, 2.24) is 50.4 Å². The molecule has 5 aliphatic heterocycles. The van der Waals surface area contributed by atoms with Gasteiger partial charge in [0.2, 0.25) is 11.9 Å². The molecule has 6 amide bonds. The minimum Gasteiger partial charge on any atom is -0.378 e. The van der Waals surface area contributed by atoms with Crippen molar-refractivity contribution in [3.8, 4) is 0 Å². The molecule has 0 radical (unpaired) electrons. The molecule has 24 heteroatoms. The predicted octanol–water partition coefficient (Wildman–Crippen LogP) is 1.46. The molecule has 70 heavy (non-hydrogen) atoms. The Labute approximate surface area is 405 Å². The fraction of sp³-hybridized carbons (Fsp3) is 0.500. The molecule has 2 aromatic heterocycles. The van der Waals surface area contributed by atoms with Gasteiger partial charge in [0, 0.05) is 100 Å². The number of carbonyl (C=O) groups excluding carboxylic acids is 5. The quantitative estimate of drug-likeness (QED) is 0.124. The Morgan fingerprint density at radius 1 is 0.529 bits per heavy atom. The van der Waals surface area contributed by atoms with Crippen LogP contribution in [0.15, 0.2) is 48.5 Å². The molecule has 5 saturated heterocycles. The Morgan fingerprint density at radius 3 is 1.44 bits per heavy atom. The van der Waals surface area contributed by atoms with Gasteiger partial charge in [-0.15, -0.1) is 20.4 Å². The summed E-state index contributed by atoms with van der Waals surface area (Å²) in [5, 5.41) is 25.6. The standard InChI is InChI=1S/C26H35N9O4.C20H26N8O3/c27-22(36)21-23(28-19-8-6-18(7-9-19)24(37)33-13-15-39-16-14-33)30-25(32-31-21)35-12-4-5-20(17-35)29-26(38)34-10-2-1-3-11-34;21-14-2-1-7-28(12-14)20-24-18(16(17(22)29)25-26-20)23-15-5-3-13(4-6-15)19(30)27-8-10-31-11-9-27/h6-9,20H,1-5,10-17H2,(H2,27,36)(H,29,38)(H,28,30,32);3-6,14H,1-2,7-12,21H2,(H2,22,29)(H,23,24,26)/t20-;14-/m11/s1. The lowest BCUT2D eigenvalue weighted by molar-refractivity contribution is 0.0301. The number of primary amides is 2. The number of nitrogens with two attached hydrogens (primary N) is 3. The summed E-state index contributed by atoms with van der Waals surface area (Å²) in [7, 11) is 0. The second-order valence-electron chi connectivity index (χ2n) is 17.7. The second-order valence-corrected chi connectivity index (χ2v) is 17.7. The van der Waals surface area contributed by atoms with Crippen LogP contribution in [0.3, 0.4) is 0 Å². The number of aromatic nitrogens is 6. The topological polar surface area (TPSA) is 311 Å². The molecule has 0 saturated carbocycles. The van der Waals surface area contributed by atoms with Crippen LogP contribution >= 0.6 is 0 Å². The van der Waals surface area contributed by atoms with Crippen molar-refractivity contribution in [2.75, 3.05) is 112 Å². The number of amides is 6. The predicted molar refractivity (Wildman–Crippen MR) is 258 cm³/mol. The van der Waals surface area contributed by atoms with Crippen LogP contribution < -0.4 is 43.0 Å². The van der Waals surface area contributed by atoms with E-state index < -0.39 is 11.8 Å². The van der Waals surface area contributed by atoms with E-state index in [1.807, 2.05) is 14.7 Å². The first kappa shape index (κ1) is 49.1. The molecule has 0 bridgehead atoms. The lowest BCUT2D eigenvalue weighted by Gasteiger charge is -2.35. The molecule has 2 aromatic carbocycles. The van der Waals surface area contributed by atoms with Crippen LogP contribution in [-0.4, -0.2) is 179 Å². The number of anilines is 6. The van der Waals surface area contributed by atoms with Gasteiger partial charge < -0.3 is 67.1 Å². The first-order valence-electron chi connectivity index (χ1n) is 23.9. The number of piperidine rings is 3. The van der Waals surface area contributed by atoms with Gasteiger partial charge in [-0.3, -0.25) is 19.2 Å². The molecule has 9 N–H and O–H groups in total. The van der Waals surface area contributed by atoms with E-state index in [4.69, 9.17) is 26.7 Å². The summed E-state index contributed by atoms with van der Waals surface area (Å²) in [5.74, 6) is -0.457. The summed E-state index contributed by atoms with van der Waals surface area (Å²) in [6.45, 7) is 8.66. The number of nitrogens with one attached hydrogen (secondary N) is 3. The first-order valence-corrected chi connectivity index (χ1v) is 23.9. The van der Waals surface area contributed by atoms with Gasteiger partial charge in [-0.1, -0.05) is 0 Å². The lowest BCUT2D eigenvalue weighted by atomic mass is 10.1. The van der Waals surface area contributed by atoms with Crippen molar-refractivity contribution in [2.24, 2.45) is 17.2 Å². The zero-order chi connectivity index (χ0) is 49.0. The van der Waals surface area contributed by atoms with E-state index in [1.54, 1.807) is 58.3 Å². The van der Waals surface area contributed by atoms with E-state index in [1.165, 1.54) is 6.42 Å². The van der Waals surface area contributed by atoms with Gasteiger partial charge in [-0.25, -0.2) is 4.79 Å². The Kier molecular flexibility index (Phi) is 16.4. The highest BCUT2D eigenvalue weighted by Crippen LogP contribution is 2.25. The van der Waals surface area contributed by atoms with Crippen molar-refractivity contribution in [1.29, 1.82) is 0 Å². The summed E-state index contributed by atoms with van der Waals surface area (Å²) < 4.78 is 10.6. The van der Waals surface area contributed by atoms with Crippen molar-refractivity contribution >= 4 is 64.6 Å². The normalized spacial score (nSPS) is 19.6. The van der Waals surface area contributed by atoms with Gasteiger partial charge in [-0.2, -0.15) is 9.97 Å². The van der Waals surface area contributed by atoms with Crippen LogP contribution in [0.1, 0.15) is 86.6 Å². The maximum atomic E-state index is 12.7. The molecule has 2 atom stereocenters. The summed E-state index contributed by atoms with van der Waals surface area (Å²) in [5.41, 5.74) is 19.3. The van der Waals surface area contributed by atoms with Gasteiger partial charge in [0.25, 0.3) is 23.6 Å². The largest absolute Gasteiger partial charge is 0.378 e. The Morgan fingerprint density at radius 2 is 0.986 bits per heavy atom. The van der Waals surface area contributed by atoms with E-state index in [-0.39, 0.29) is 53.0 Å². The third kappa shape index (κ3) is 12.7. The van der Waals surface area contributed by atoms with Crippen molar-refractivity contribution in [2.45, 2.75) is 57.0 Å². The van der Waals surface area contributed by atoms with Crippen molar-refractivity contribution < 1.29 is 33.4 Å². The highest BCUT2D eigenvalue weighted by Gasteiger charge is 2.28. The molecule has 4 aromatic rings. The van der Waals surface area contributed by atoms with E-state index in [9.17, 15) is 24.0 Å². The molecule has 24 nitrogen and oxygen atoms in total. The highest BCUT2D eigenvalue weighted by molar-refractivity contribution is 5.98. The van der Waals surface area contributed by atoms with E-state index in [0.717, 1.165) is 58.2 Å². The molecular formula is C46H61N17O7. The summed E-state index contributed by atoms with van der Waals surface area (Å²) in [6.07, 6.45) is 6.85. The molecule has 372 valence electrons. The van der Waals surface area contributed by atoms with E-state index >= 15 is 0 Å². The molecule has 7 heterocycles. The number of rotatable bonds is 11. The number of likely N-dealkylation sites (tertiary alicyclic amines) is 1. The number of hydrogen-bond donors (Lipinski definition) is 6. The molecule has 5 fully saturated rings. The number of nitrogens with zero attached hydrogens (tertiary/aromatic N) is 11. The van der Waals surface area contributed by atoms with Crippen LogP contribution in [0, 0.1) is 0 Å². The fourth-order valence-corrected chi connectivity index (χ4v) is 8.80. The van der Waals surface area contributed by atoms with Crippen LogP contribution in [0.2, 0.25) is 0 Å². The van der Waals surface area contributed by atoms with Gasteiger partial charge in [-0.05, 0) is 93.5 Å². The summed E-state index contributed by atoms with van der Waals surface area (Å²) in [4.78, 5) is 80.3. The molecule has 5 aliphatic rings. The summed E-state index contributed by atoms with van der Waals surface area (Å²) in [6, 6.07) is 13.9. The van der Waals surface area contributed by atoms with Crippen molar-refractivity contribution in [3.05, 3.63) is 71.0 Å². The monoisotopic (exact) mass is 963 g/mol. The SMILES string of the molecule is NC(=O)c1nnc(N2CCC[C@@H](N)C2)nc1Nc1ccc(C(=O)N2CCOCC2)cc1.NC(=O)c1nnc(N2CCC[C@@H](NC(=O)N3CCCCC3)C2)nc1Nc1ccc(C(=O)N2CCOCC2)cc1. The Bertz CT molecular complexity index is 2460. The number of morpholine rings is 2. The maximum absolute atomic E-state index is 12.7. The first-order chi connectivity index (χ1) is 34.0. The molecule has 0 unspecified atom stereocenters. The van der Waals surface area contributed by atoms with Gasteiger partial charge in [0.1, 0.15) is 0 Å². The zero-order valence-electron chi connectivity index (χ0n) is 39.1. The molecule has 0 aliphatic carbocycles. The van der Waals surface area contributed by atoms with Crippen molar-refractivity contribution in [3.63, 3.8) is 0 Å². The number of urea groups is 1. The second kappa shape index (κ2) is 23.3. The van der Waals surface area contributed by atoms with E-state index in [2.05, 4.69) is 46.3 Å². The fourth-order valence-electron chi connectivity index (χ4n) is 8.80. The van der Waals surface area contributed by atoms with Crippen LogP contribution in [-0.2, 0) is 9.47 Å². The highest BCUT2D eigenvalue weighted by atomic mass is 16.5. The third-order valence-electron chi connectivity index (χ3n) is 12.6. The van der Waals surface area contributed by atoms with Crippen LogP contribution in [0.25, 0.3) is 0 Å². The van der Waals surface area contributed by atoms with Gasteiger partial charge >= 0.3 is 6.03 Å². The smallest absolute Gasteiger partial charge is 0.317 e. The summed E-state index contributed by atoms with van der Waals surface area (Å²) >= 11 is 0. The minimum absolute atomic E-state index is 0.0254. The number of benzene rings is 2. The number of hydrogen-bond acceptors (Lipinski definition) is 18. The van der Waals surface area contributed by atoms with Gasteiger partial charge in [0.15, 0.2) is 23.0 Å². The minimum atomic E-state index is -0.756. The molecular weight excluding hydrogens is 903 g/mol. The average Bonchev–Trinajstić information content (AvgIpc) is 3.39. The van der Waals surface area contributed by atoms with Crippen LogP contribution in [0.5, 0.6) is 0 Å². The molecule has 9 rings (SSSR count). The third-order valence-corrected chi connectivity index (χ3v) is 12.6. The zero-order valence-corrected chi connectivity index (χ0v) is 39.1. The molecule has 0 spiro atoms. The average molecular weight is 964 g/mol. The number of carbonyl (C=O) groups is 5. The Hall–Kier alpha value is -7.31. The Balaban J connectivity index is 0.000000193. The maximum Gasteiger partial charge on any atom is 0.317 e. The lowest BCUT2D eigenvalue weighted by Crippen LogP contribution is -2.52. The number of ether oxygens (including phenoxy) is 2.